The average Bonchev–Trinajstić information content (AvgIpc) is 3.23. The lowest BCUT2D eigenvalue weighted by Crippen LogP contribution is -2.38. The summed E-state index contributed by atoms with van der Waals surface area (Å²) in [7, 11) is 1.74. The number of nitrogens with zero attached hydrogens (tertiary/aromatic N) is 1. The first kappa shape index (κ1) is 21.5. The quantitative estimate of drug-likeness (QED) is 0.331. The molecule has 0 aliphatic carbocycles. The van der Waals surface area contributed by atoms with Crippen LogP contribution in [0, 0.1) is 5.92 Å². The van der Waals surface area contributed by atoms with E-state index < -0.39 is 0 Å². The van der Waals surface area contributed by atoms with Gasteiger partial charge in [0.25, 0.3) is 5.91 Å². The van der Waals surface area contributed by atoms with Crippen LogP contribution in [-0.4, -0.2) is 38.7 Å². The third kappa shape index (κ3) is 7.84. The maximum Gasteiger partial charge on any atom is 0.291 e. The average molecular weight is 386 g/mol. The SMILES string of the molecule is CN=C(NCCOCCC(C)C)NCc1ccc(NC(=O)c2ccco2)cc1. The first-order chi connectivity index (χ1) is 13.6. The number of amides is 1. The maximum atomic E-state index is 12.0. The molecule has 0 saturated carbocycles. The van der Waals surface area contributed by atoms with Crippen LogP contribution in [0.25, 0.3) is 0 Å². The molecule has 152 valence electrons. The van der Waals surface area contributed by atoms with Crippen LogP contribution in [0.4, 0.5) is 5.69 Å². The Bertz CT molecular complexity index is 725. The summed E-state index contributed by atoms with van der Waals surface area (Å²) < 4.78 is 10.7. The topological polar surface area (TPSA) is 87.9 Å². The standard InChI is InChI=1S/C21H30N4O3/c1-16(2)10-13-27-14-11-23-21(22-3)24-15-17-6-8-18(9-7-17)25-20(26)19-5-4-12-28-19/h4-9,12,16H,10-11,13-15H2,1-3H3,(H,25,26)(H2,22,23,24). The van der Waals surface area contributed by atoms with E-state index >= 15 is 0 Å². The molecule has 0 saturated heterocycles. The van der Waals surface area contributed by atoms with Gasteiger partial charge < -0.3 is 25.1 Å². The van der Waals surface area contributed by atoms with Crippen molar-refractivity contribution in [3.8, 4) is 0 Å². The van der Waals surface area contributed by atoms with Crippen molar-refractivity contribution < 1.29 is 13.9 Å². The summed E-state index contributed by atoms with van der Waals surface area (Å²) in [6, 6.07) is 10.9. The number of carbonyl (C=O) groups is 1. The Morgan fingerprint density at radius 2 is 1.93 bits per heavy atom. The minimum atomic E-state index is -0.268. The fourth-order valence-electron chi connectivity index (χ4n) is 2.38. The van der Waals surface area contributed by atoms with Crippen LogP contribution in [0.3, 0.4) is 0 Å². The van der Waals surface area contributed by atoms with Crippen LogP contribution in [0.5, 0.6) is 0 Å². The zero-order chi connectivity index (χ0) is 20.2. The van der Waals surface area contributed by atoms with Gasteiger partial charge >= 0.3 is 0 Å². The summed E-state index contributed by atoms with van der Waals surface area (Å²) in [4.78, 5) is 16.2. The summed E-state index contributed by atoms with van der Waals surface area (Å²) >= 11 is 0. The molecule has 0 aliphatic rings. The van der Waals surface area contributed by atoms with E-state index in [1.165, 1.54) is 6.26 Å². The third-order valence-corrected chi connectivity index (χ3v) is 4.02. The summed E-state index contributed by atoms with van der Waals surface area (Å²) in [5, 5.41) is 9.28. The highest BCUT2D eigenvalue weighted by molar-refractivity contribution is 6.02. The van der Waals surface area contributed by atoms with E-state index in [0.29, 0.717) is 31.3 Å². The van der Waals surface area contributed by atoms with Gasteiger partial charge in [0.1, 0.15) is 0 Å². The zero-order valence-corrected chi connectivity index (χ0v) is 16.8. The number of aliphatic imine (C=N–C) groups is 1. The predicted octanol–water partition coefficient (Wildman–Crippen LogP) is 3.26. The van der Waals surface area contributed by atoms with E-state index in [0.717, 1.165) is 24.6 Å². The minimum absolute atomic E-state index is 0.268. The Morgan fingerprint density at radius 3 is 2.57 bits per heavy atom. The lowest BCUT2D eigenvalue weighted by molar-refractivity contribution is 0.0996. The Morgan fingerprint density at radius 1 is 1.14 bits per heavy atom. The molecule has 3 N–H and O–H groups in total. The Kier molecular flexibility index (Phi) is 9.07. The fourth-order valence-corrected chi connectivity index (χ4v) is 2.38. The number of hydrogen-bond donors (Lipinski definition) is 3. The Hall–Kier alpha value is -2.80. The smallest absolute Gasteiger partial charge is 0.291 e. The van der Waals surface area contributed by atoms with Gasteiger partial charge in [-0.15, -0.1) is 0 Å². The van der Waals surface area contributed by atoms with Gasteiger partial charge in [0.05, 0.1) is 12.9 Å². The fraction of sp³-hybridized carbons (Fsp3) is 0.429. The van der Waals surface area contributed by atoms with E-state index in [1.807, 2.05) is 24.3 Å². The molecule has 7 heteroatoms. The predicted molar refractivity (Wildman–Crippen MR) is 112 cm³/mol. The van der Waals surface area contributed by atoms with Crippen molar-refractivity contribution in [2.24, 2.45) is 10.9 Å². The van der Waals surface area contributed by atoms with Crippen molar-refractivity contribution in [3.05, 3.63) is 54.0 Å². The van der Waals surface area contributed by atoms with Crippen LogP contribution < -0.4 is 16.0 Å². The Balaban J connectivity index is 1.69. The van der Waals surface area contributed by atoms with Crippen molar-refractivity contribution in [1.82, 2.24) is 10.6 Å². The second-order valence-corrected chi connectivity index (χ2v) is 6.78. The van der Waals surface area contributed by atoms with Crippen molar-refractivity contribution >= 4 is 17.6 Å². The number of rotatable bonds is 10. The van der Waals surface area contributed by atoms with Crippen LogP contribution in [0.15, 0.2) is 52.1 Å². The van der Waals surface area contributed by atoms with E-state index in [9.17, 15) is 4.79 Å². The molecular weight excluding hydrogens is 356 g/mol. The molecule has 28 heavy (non-hydrogen) atoms. The number of ether oxygens (including phenoxy) is 1. The number of guanidine groups is 1. The van der Waals surface area contributed by atoms with E-state index in [1.54, 1.807) is 19.2 Å². The van der Waals surface area contributed by atoms with Gasteiger partial charge in [0, 0.05) is 32.4 Å². The number of carbonyl (C=O) groups excluding carboxylic acids is 1. The second kappa shape index (κ2) is 11.8. The molecule has 0 fully saturated rings. The molecular formula is C21H30N4O3. The van der Waals surface area contributed by atoms with E-state index in [-0.39, 0.29) is 11.7 Å². The first-order valence-corrected chi connectivity index (χ1v) is 9.54. The highest BCUT2D eigenvalue weighted by Gasteiger charge is 2.08. The van der Waals surface area contributed by atoms with Crippen molar-refractivity contribution in [1.29, 1.82) is 0 Å². The summed E-state index contributed by atoms with van der Waals surface area (Å²) in [6.45, 7) is 7.14. The molecule has 1 amide bonds. The van der Waals surface area contributed by atoms with Gasteiger partial charge in [-0.3, -0.25) is 9.79 Å². The normalized spacial score (nSPS) is 11.5. The molecule has 7 nitrogen and oxygen atoms in total. The highest BCUT2D eigenvalue weighted by Crippen LogP contribution is 2.11. The van der Waals surface area contributed by atoms with Crippen LogP contribution in [0.1, 0.15) is 36.4 Å². The van der Waals surface area contributed by atoms with Gasteiger partial charge in [-0.2, -0.15) is 0 Å². The van der Waals surface area contributed by atoms with Crippen molar-refractivity contribution in [2.45, 2.75) is 26.8 Å². The monoisotopic (exact) mass is 386 g/mol. The molecule has 0 aliphatic heterocycles. The van der Waals surface area contributed by atoms with E-state index in [2.05, 4.69) is 34.8 Å². The highest BCUT2D eigenvalue weighted by atomic mass is 16.5. The van der Waals surface area contributed by atoms with Gasteiger partial charge in [0.15, 0.2) is 11.7 Å². The largest absolute Gasteiger partial charge is 0.459 e. The van der Waals surface area contributed by atoms with E-state index in [4.69, 9.17) is 9.15 Å². The molecule has 1 heterocycles. The molecule has 0 bridgehead atoms. The number of nitrogens with one attached hydrogen (secondary N) is 3. The third-order valence-electron chi connectivity index (χ3n) is 4.02. The number of furan rings is 1. The van der Waals surface area contributed by atoms with Crippen molar-refractivity contribution in [3.63, 3.8) is 0 Å². The molecule has 2 rings (SSSR count). The van der Waals surface area contributed by atoms with Gasteiger partial charge in [-0.1, -0.05) is 26.0 Å². The van der Waals surface area contributed by atoms with Crippen molar-refractivity contribution in [2.75, 3.05) is 32.1 Å². The summed E-state index contributed by atoms with van der Waals surface area (Å²) in [5.41, 5.74) is 1.79. The summed E-state index contributed by atoms with van der Waals surface area (Å²) in [5.74, 6) is 1.40. The minimum Gasteiger partial charge on any atom is -0.459 e. The second-order valence-electron chi connectivity index (χ2n) is 6.78. The Labute approximate surface area is 166 Å². The van der Waals surface area contributed by atoms with Gasteiger partial charge in [0.2, 0.25) is 0 Å². The zero-order valence-electron chi connectivity index (χ0n) is 16.8. The molecule has 0 radical (unpaired) electrons. The lowest BCUT2D eigenvalue weighted by Gasteiger charge is -2.13. The molecule has 1 aromatic carbocycles. The molecule has 1 aromatic heterocycles. The lowest BCUT2D eigenvalue weighted by atomic mass is 10.1. The van der Waals surface area contributed by atoms with Crippen LogP contribution >= 0.6 is 0 Å². The van der Waals surface area contributed by atoms with Gasteiger partial charge in [-0.05, 0) is 42.2 Å². The summed E-state index contributed by atoms with van der Waals surface area (Å²) in [6.07, 6.45) is 2.55. The van der Waals surface area contributed by atoms with Gasteiger partial charge in [-0.25, -0.2) is 0 Å². The van der Waals surface area contributed by atoms with Crippen LogP contribution in [0.2, 0.25) is 0 Å². The molecule has 0 unspecified atom stereocenters. The first-order valence-electron chi connectivity index (χ1n) is 9.54. The number of benzene rings is 1. The molecule has 0 spiro atoms. The molecule has 0 atom stereocenters. The maximum absolute atomic E-state index is 12.0. The number of hydrogen-bond acceptors (Lipinski definition) is 4. The van der Waals surface area contributed by atoms with Crippen LogP contribution in [-0.2, 0) is 11.3 Å². The number of anilines is 1. The molecule has 2 aromatic rings.